The van der Waals surface area contributed by atoms with Crippen LogP contribution in [0.5, 0.6) is 0 Å². The SMILES string of the molecule is NCCP(c1ccccc1)c1ccccc1.[Cl][Ru].c1ccc(P(c2ccccc2)c2ccc3ccccc3c2-c2c(P(c3ccccc3)c3ccccc3)ccc3ccccc23)cc1. The van der Waals surface area contributed by atoms with Gasteiger partial charge in [0.2, 0.25) is 0 Å². The monoisotopic (exact) mass is 988 g/mol. The zero-order chi connectivity index (χ0) is 43.9. The molecule has 0 saturated carbocycles. The summed E-state index contributed by atoms with van der Waals surface area (Å²) >= 11 is 1.82. The van der Waals surface area contributed by atoms with Crippen LogP contribution in [0.1, 0.15) is 0 Å². The molecule has 2 N–H and O–H groups in total. The molecule has 64 heavy (non-hydrogen) atoms. The molecule has 1 nitrogen and oxygen atoms in total. The molecule has 315 valence electrons. The second-order valence-corrected chi connectivity index (χ2v) is 21.7. The largest absolute Gasteiger partial charge is 0.0622 e. The Hall–Kier alpha value is -5.12. The van der Waals surface area contributed by atoms with E-state index in [-0.39, 0.29) is 7.92 Å². The van der Waals surface area contributed by atoms with E-state index in [1.165, 1.54) is 75.1 Å². The molecule has 10 aromatic carbocycles. The van der Waals surface area contributed by atoms with Gasteiger partial charge < -0.3 is 5.73 Å². The number of fused-ring (bicyclic) bond motifs is 2. The van der Waals surface area contributed by atoms with Crippen molar-refractivity contribution in [3.05, 3.63) is 255 Å². The van der Waals surface area contributed by atoms with Crippen LogP contribution in [0.25, 0.3) is 32.7 Å². The third-order valence-electron chi connectivity index (χ3n) is 11.1. The molecule has 6 heteroatoms. The molecule has 0 spiro atoms. The average molecular weight is 988 g/mol. The zero-order valence-corrected chi connectivity index (χ0v) is 40.5. The van der Waals surface area contributed by atoms with Gasteiger partial charge in [-0.15, -0.1) is 0 Å². The summed E-state index contributed by atoms with van der Waals surface area (Å²) in [5, 5.41) is 16.2. The summed E-state index contributed by atoms with van der Waals surface area (Å²) in [6.45, 7) is 0.746. The summed E-state index contributed by atoms with van der Waals surface area (Å²) in [6, 6.07) is 93.2. The molecule has 0 aliphatic heterocycles. The van der Waals surface area contributed by atoms with Crippen LogP contribution in [0.2, 0.25) is 0 Å². The number of halogens is 1. The van der Waals surface area contributed by atoms with E-state index in [1.807, 2.05) is 17.3 Å². The Morgan fingerprint density at radius 3 is 0.875 bits per heavy atom. The van der Waals surface area contributed by atoms with E-state index in [9.17, 15) is 0 Å². The molecule has 0 fully saturated rings. The van der Waals surface area contributed by atoms with Crippen molar-refractivity contribution in [3.63, 3.8) is 0 Å². The van der Waals surface area contributed by atoms with Gasteiger partial charge in [-0.3, -0.25) is 0 Å². The van der Waals surface area contributed by atoms with Crippen molar-refractivity contribution < 1.29 is 17.3 Å². The fourth-order valence-corrected chi connectivity index (χ4v) is 15.4. The maximum absolute atomic E-state index is 5.72. The third kappa shape index (κ3) is 10.5. The van der Waals surface area contributed by atoms with E-state index in [0.29, 0.717) is 0 Å². The maximum atomic E-state index is 5.72. The van der Waals surface area contributed by atoms with Gasteiger partial charge in [0.15, 0.2) is 0 Å². The molecule has 0 radical (unpaired) electrons. The Morgan fingerprint density at radius 2 is 0.578 bits per heavy atom. The number of hydrogen-bond donors (Lipinski definition) is 1. The molecule has 0 unspecified atom stereocenters. The van der Waals surface area contributed by atoms with Gasteiger partial charge in [0.05, 0.1) is 0 Å². The topological polar surface area (TPSA) is 26.0 Å². The van der Waals surface area contributed by atoms with Crippen molar-refractivity contribution >= 4 is 97.4 Å². The Kier molecular flexibility index (Phi) is 16.5. The molecule has 0 bridgehead atoms. The maximum Gasteiger partial charge on any atom is -0.000884 e. The van der Waals surface area contributed by atoms with Crippen LogP contribution in [0.15, 0.2) is 255 Å². The van der Waals surface area contributed by atoms with Gasteiger partial charge in [-0.1, -0.05) is 255 Å². The van der Waals surface area contributed by atoms with Crippen molar-refractivity contribution in [1.82, 2.24) is 0 Å². The van der Waals surface area contributed by atoms with E-state index in [1.54, 1.807) is 0 Å². The number of nitrogens with two attached hydrogens (primary N) is 1. The van der Waals surface area contributed by atoms with Crippen LogP contribution in [-0.4, -0.2) is 12.7 Å². The van der Waals surface area contributed by atoms with Gasteiger partial charge in [0.1, 0.15) is 0 Å². The van der Waals surface area contributed by atoms with E-state index >= 15 is 0 Å². The van der Waals surface area contributed by atoms with Crippen molar-refractivity contribution in [1.29, 1.82) is 0 Å². The summed E-state index contributed by atoms with van der Waals surface area (Å²) in [7, 11) is 2.59. The van der Waals surface area contributed by atoms with E-state index < -0.39 is 15.8 Å². The van der Waals surface area contributed by atoms with Crippen molar-refractivity contribution in [2.75, 3.05) is 12.7 Å². The molecule has 0 heterocycles. The van der Waals surface area contributed by atoms with Gasteiger partial charge in [0, 0.05) is 0 Å². The van der Waals surface area contributed by atoms with Crippen molar-refractivity contribution in [2.45, 2.75) is 0 Å². The first kappa shape index (κ1) is 45.5. The van der Waals surface area contributed by atoms with Crippen LogP contribution < -0.4 is 48.2 Å². The molecule has 0 aliphatic rings. The third-order valence-corrected chi connectivity index (χ3v) is 18.6. The second-order valence-electron chi connectivity index (χ2n) is 15.0. The predicted molar refractivity (Wildman–Crippen MR) is 283 cm³/mol. The first-order valence-electron chi connectivity index (χ1n) is 21.3. The summed E-state index contributed by atoms with van der Waals surface area (Å²) < 4.78 is 0. The Balaban J connectivity index is 0.000000261. The summed E-state index contributed by atoms with van der Waals surface area (Å²) in [4.78, 5) is 0. The van der Waals surface area contributed by atoms with Crippen LogP contribution >= 0.6 is 33.5 Å². The van der Waals surface area contributed by atoms with Crippen LogP contribution in [0.3, 0.4) is 0 Å². The molecule has 0 amide bonds. The number of rotatable bonds is 11. The molecule has 0 atom stereocenters. The Morgan fingerprint density at radius 1 is 0.312 bits per heavy atom. The minimum absolute atomic E-state index is 0.276. The van der Waals surface area contributed by atoms with Gasteiger partial charge in [-0.25, -0.2) is 0 Å². The molecular weight excluding hydrogens is 940 g/mol. The normalized spacial score (nSPS) is 11.0. The van der Waals surface area contributed by atoms with E-state index in [2.05, 4.69) is 264 Å². The summed E-state index contributed by atoms with van der Waals surface area (Å²) in [5.41, 5.74) is 8.42. The Labute approximate surface area is 396 Å². The quantitative estimate of drug-likeness (QED) is 0.101. The molecule has 10 aromatic rings. The van der Waals surface area contributed by atoms with Gasteiger partial charge >= 0.3 is 27.0 Å². The average Bonchev–Trinajstić information content (AvgIpc) is 3.38. The minimum atomic E-state index is -0.852. The van der Waals surface area contributed by atoms with Crippen LogP contribution in [0, 0.1) is 0 Å². The molecule has 0 saturated heterocycles. The van der Waals surface area contributed by atoms with Gasteiger partial charge in [-0.05, 0) is 112 Å². The fourth-order valence-electron chi connectivity index (χ4n) is 8.33. The minimum Gasteiger partial charge on any atom is -0.0622 e. The molecule has 0 aromatic heterocycles. The second kappa shape index (κ2) is 23.2. The number of hydrogen-bond acceptors (Lipinski definition) is 1. The van der Waals surface area contributed by atoms with Gasteiger partial charge in [0.25, 0.3) is 0 Å². The van der Waals surface area contributed by atoms with Gasteiger partial charge in [-0.2, -0.15) is 0 Å². The Bertz CT molecular complexity index is 2700. The molecular formula is C58H48ClNP3Ru. The zero-order valence-electron chi connectivity index (χ0n) is 35.3. The molecule has 10 rings (SSSR count). The standard InChI is InChI=1S/C44H32P2.C14H16NP.ClH.Ru/c1-5-19-35(20-6-1)45(36-21-7-2-8-22-36)41-31-29-33-17-13-15-27-39(33)43(41)44-40-28-16-14-18-34(40)30-32-42(44)46(37-23-9-3-10-24-37)38-25-11-4-12-26-38;15-11-12-16(13-7-3-1-4-8-13)14-9-5-2-6-10-14;;/h1-32H;1-10H,11-12,15H2;1H;/q;;;+1/p-1. The predicted octanol–water partition coefficient (Wildman–Crippen LogP) is 11.9. The van der Waals surface area contributed by atoms with E-state index in [4.69, 9.17) is 5.73 Å². The molecule has 0 aliphatic carbocycles. The first-order chi connectivity index (χ1) is 31.8. The van der Waals surface area contributed by atoms with Crippen molar-refractivity contribution in [3.8, 4) is 11.1 Å². The first-order valence-corrected chi connectivity index (χ1v) is 27.8. The number of benzene rings is 10. The summed E-state index contributed by atoms with van der Waals surface area (Å²) in [5.74, 6) is 0. The van der Waals surface area contributed by atoms with E-state index in [0.717, 1.165) is 12.7 Å². The fraction of sp³-hybridized carbons (Fsp3) is 0.0345. The van der Waals surface area contributed by atoms with Crippen LogP contribution in [-0.2, 0) is 17.3 Å². The van der Waals surface area contributed by atoms with Crippen molar-refractivity contribution in [2.24, 2.45) is 5.73 Å². The smallest absolute Gasteiger partial charge is 0.000884 e. The van der Waals surface area contributed by atoms with Crippen LogP contribution in [0.4, 0.5) is 0 Å². The summed E-state index contributed by atoms with van der Waals surface area (Å²) in [6.07, 6.45) is 1.06.